The average molecular weight is 228 g/mol. The van der Waals surface area contributed by atoms with Crippen LogP contribution in [0.25, 0.3) is 0 Å². The van der Waals surface area contributed by atoms with Crippen LogP contribution in [0.4, 0.5) is 26.3 Å². The van der Waals surface area contributed by atoms with Gasteiger partial charge in [-0.3, -0.25) is 10.1 Å². The van der Waals surface area contributed by atoms with Crippen LogP contribution in [-0.4, -0.2) is 23.8 Å². The van der Waals surface area contributed by atoms with Crippen molar-refractivity contribution in [3.63, 3.8) is 0 Å². The second-order valence-corrected chi connectivity index (χ2v) is 2.39. The predicted molar refractivity (Wildman–Crippen MR) is 29.5 cm³/mol. The summed E-state index contributed by atoms with van der Waals surface area (Å²) < 4.78 is 70.9. The molecule has 1 N–H and O–H groups in total. The maximum absolute atomic E-state index is 12.2. The summed E-state index contributed by atoms with van der Waals surface area (Å²) in [5.41, 5.74) is 0. The largest absolute Gasteiger partial charge is 0.445 e. The van der Waals surface area contributed by atoms with Crippen molar-refractivity contribution in [3.8, 4) is 0 Å². The second kappa shape index (κ2) is 3.24. The van der Waals surface area contributed by atoms with Gasteiger partial charge in [-0.25, -0.2) is 4.39 Å². The number of halogens is 7. The molecule has 0 aromatic heterocycles. The number of nitrogens with one attached hydrogen (secondary N) is 1. The minimum atomic E-state index is -6.01. The van der Waals surface area contributed by atoms with Crippen LogP contribution in [0.15, 0.2) is 0 Å². The topological polar surface area (TPSA) is 29.1 Å². The van der Waals surface area contributed by atoms with E-state index in [-0.39, 0.29) is 11.7 Å². The first-order valence-corrected chi connectivity index (χ1v) is 2.90. The fourth-order valence-corrected chi connectivity index (χ4v) is 0.368. The van der Waals surface area contributed by atoms with E-state index in [0.717, 1.165) is 0 Å². The van der Waals surface area contributed by atoms with Crippen LogP contribution in [0.3, 0.4) is 0 Å². The van der Waals surface area contributed by atoms with Crippen molar-refractivity contribution in [2.75, 3.05) is 0 Å². The SMILES string of the molecule is O=[C]NC(F)(F)C(F)(Cl)C(F)(F)F. The summed E-state index contributed by atoms with van der Waals surface area (Å²) in [5.74, 6) is 0. The normalized spacial score (nSPS) is 17.8. The Balaban J connectivity index is 4.91. The third-order valence-electron chi connectivity index (χ3n) is 0.958. The smallest absolute Gasteiger partial charge is 0.285 e. The van der Waals surface area contributed by atoms with Gasteiger partial charge in [0.1, 0.15) is 0 Å². The Bertz CT molecular complexity index is 201. The van der Waals surface area contributed by atoms with Crippen LogP contribution in [0.1, 0.15) is 0 Å². The highest BCUT2D eigenvalue weighted by Gasteiger charge is 2.71. The molecule has 0 aliphatic heterocycles. The Morgan fingerprint density at radius 3 is 1.69 bits per heavy atom. The van der Waals surface area contributed by atoms with Crippen molar-refractivity contribution in [2.24, 2.45) is 0 Å². The minimum absolute atomic E-state index is 0.203. The molecule has 0 bridgehead atoms. The van der Waals surface area contributed by atoms with E-state index in [1.807, 2.05) is 0 Å². The van der Waals surface area contributed by atoms with Crippen molar-refractivity contribution < 1.29 is 31.1 Å². The fourth-order valence-electron chi connectivity index (χ4n) is 0.321. The number of alkyl halides is 7. The van der Waals surface area contributed by atoms with E-state index in [4.69, 9.17) is 0 Å². The first kappa shape index (κ1) is 12.3. The molecule has 1 radical (unpaired) electrons. The van der Waals surface area contributed by atoms with Gasteiger partial charge in [-0.1, -0.05) is 11.6 Å². The molecule has 0 aliphatic carbocycles. The molecule has 1 amide bonds. The van der Waals surface area contributed by atoms with Gasteiger partial charge in [-0.15, -0.1) is 0 Å². The van der Waals surface area contributed by atoms with E-state index in [1.165, 1.54) is 0 Å². The summed E-state index contributed by atoms with van der Waals surface area (Å²) in [6, 6.07) is -5.27. The van der Waals surface area contributed by atoms with E-state index in [1.54, 1.807) is 0 Å². The van der Waals surface area contributed by atoms with E-state index < -0.39 is 17.4 Å². The number of amides is 1. The van der Waals surface area contributed by atoms with Gasteiger partial charge in [0, 0.05) is 0 Å². The molecule has 77 valence electrons. The predicted octanol–water partition coefficient (Wildman–Crippen LogP) is 1.70. The first-order chi connectivity index (χ1) is 5.56. The van der Waals surface area contributed by atoms with Crippen LogP contribution in [0, 0.1) is 0 Å². The highest BCUT2D eigenvalue weighted by molar-refractivity contribution is 6.24. The zero-order valence-corrected chi connectivity index (χ0v) is 6.31. The standard InChI is InChI=1S/C4HClF6NO/c5-2(6,3(7,8)9)4(10,11)12-1-13/h(H,12,13). The third kappa shape index (κ3) is 2.17. The Hall–Kier alpha value is -0.660. The Kier molecular flexibility index (Phi) is 3.08. The van der Waals surface area contributed by atoms with Crippen LogP contribution < -0.4 is 5.32 Å². The van der Waals surface area contributed by atoms with E-state index in [2.05, 4.69) is 11.6 Å². The highest BCUT2D eigenvalue weighted by Crippen LogP contribution is 2.46. The van der Waals surface area contributed by atoms with Crippen molar-refractivity contribution >= 4 is 18.0 Å². The molecule has 1 atom stereocenters. The maximum atomic E-state index is 12.2. The third-order valence-corrected chi connectivity index (χ3v) is 1.41. The Morgan fingerprint density at radius 2 is 1.46 bits per heavy atom. The van der Waals surface area contributed by atoms with Crippen molar-refractivity contribution in [2.45, 2.75) is 17.4 Å². The van der Waals surface area contributed by atoms with E-state index >= 15 is 0 Å². The van der Waals surface area contributed by atoms with Crippen LogP contribution in [-0.2, 0) is 4.79 Å². The highest BCUT2D eigenvalue weighted by atomic mass is 35.5. The number of rotatable bonds is 3. The molecule has 0 aliphatic rings. The summed E-state index contributed by atoms with van der Waals surface area (Å²) in [7, 11) is 0. The number of hydrogen-bond acceptors (Lipinski definition) is 1. The molecule has 0 saturated carbocycles. The average Bonchev–Trinajstić information content (AvgIpc) is 1.84. The number of carbonyl (C=O) groups excluding carboxylic acids is 1. The van der Waals surface area contributed by atoms with Crippen molar-refractivity contribution in [1.82, 2.24) is 5.32 Å². The van der Waals surface area contributed by atoms with Gasteiger partial charge in [0.2, 0.25) is 0 Å². The molecule has 0 fully saturated rings. The molecule has 0 aromatic rings. The summed E-state index contributed by atoms with van der Waals surface area (Å²) >= 11 is 3.90. The lowest BCUT2D eigenvalue weighted by atomic mass is 10.3. The first-order valence-electron chi connectivity index (χ1n) is 2.53. The molecule has 13 heavy (non-hydrogen) atoms. The molecular weight excluding hydrogens is 227 g/mol. The molecule has 0 aromatic carbocycles. The molecule has 0 saturated heterocycles. The molecule has 0 rings (SSSR count). The summed E-state index contributed by atoms with van der Waals surface area (Å²) in [6.45, 7) is 0. The zero-order valence-electron chi connectivity index (χ0n) is 5.55. The molecule has 0 spiro atoms. The van der Waals surface area contributed by atoms with Gasteiger partial charge in [-0.05, 0) is 0 Å². The van der Waals surface area contributed by atoms with Crippen LogP contribution in [0.5, 0.6) is 0 Å². The van der Waals surface area contributed by atoms with E-state index in [9.17, 15) is 31.1 Å². The molecule has 0 heterocycles. The molecule has 2 nitrogen and oxygen atoms in total. The van der Waals surface area contributed by atoms with Gasteiger partial charge in [-0.2, -0.15) is 22.0 Å². The summed E-state index contributed by atoms with van der Waals surface area (Å²) in [6.07, 6.45) is -5.80. The summed E-state index contributed by atoms with van der Waals surface area (Å²) in [4.78, 5) is 9.29. The molecule has 1 unspecified atom stereocenters. The van der Waals surface area contributed by atoms with Crippen molar-refractivity contribution in [1.29, 1.82) is 0 Å². The van der Waals surface area contributed by atoms with Crippen molar-refractivity contribution in [3.05, 3.63) is 0 Å². The van der Waals surface area contributed by atoms with Crippen LogP contribution >= 0.6 is 11.6 Å². The summed E-state index contributed by atoms with van der Waals surface area (Å²) in [5, 5.41) is -5.15. The molecule has 9 heteroatoms. The van der Waals surface area contributed by atoms with Gasteiger partial charge in [0.25, 0.3) is 0 Å². The molecular formula is C4HClF6NO. The lowest BCUT2D eigenvalue weighted by molar-refractivity contribution is -0.269. The Labute approximate surface area is 72.8 Å². The fraction of sp³-hybridized carbons (Fsp3) is 0.750. The zero-order chi connectivity index (χ0) is 10.9. The monoisotopic (exact) mass is 228 g/mol. The second-order valence-electron chi connectivity index (χ2n) is 1.87. The van der Waals surface area contributed by atoms with Gasteiger partial charge < -0.3 is 0 Å². The van der Waals surface area contributed by atoms with Crippen LogP contribution in [0.2, 0.25) is 0 Å². The lowest BCUT2D eigenvalue weighted by Gasteiger charge is -2.28. The lowest BCUT2D eigenvalue weighted by Crippen LogP contribution is -2.58. The number of hydrogen-bond donors (Lipinski definition) is 1. The van der Waals surface area contributed by atoms with Gasteiger partial charge in [0.15, 0.2) is 0 Å². The van der Waals surface area contributed by atoms with Gasteiger partial charge in [0.05, 0.1) is 0 Å². The maximum Gasteiger partial charge on any atom is 0.445 e. The minimum Gasteiger partial charge on any atom is -0.285 e. The van der Waals surface area contributed by atoms with Gasteiger partial charge >= 0.3 is 23.8 Å². The van der Waals surface area contributed by atoms with E-state index in [0.29, 0.717) is 0 Å². The quantitative estimate of drug-likeness (QED) is 0.339. The Morgan fingerprint density at radius 1 is 1.08 bits per heavy atom.